The molecule has 0 radical (unpaired) electrons. The Hall–Kier alpha value is -1.49. The largest absolute Gasteiger partial charge is 0.492 e. The molecule has 1 aromatic rings. The average molecular weight is 337 g/mol. The molecule has 0 aromatic heterocycles. The Kier molecular flexibility index (Phi) is 4.78. The van der Waals surface area contributed by atoms with E-state index < -0.39 is 51.6 Å². The number of hydrogen-bond acceptors (Lipinski definition) is 3. The summed E-state index contributed by atoms with van der Waals surface area (Å²) in [5.74, 6) is -1.49. The van der Waals surface area contributed by atoms with Crippen molar-refractivity contribution in [1.29, 1.82) is 0 Å². The summed E-state index contributed by atoms with van der Waals surface area (Å²) in [5.41, 5.74) is -3.11. The Balaban J connectivity index is 3.08. The quantitative estimate of drug-likeness (QED) is 0.858. The van der Waals surface area contributed by atoms with E-state index in [4.69, 9.17) is 0 Å². The smallest absolute Gasteiger partial charge is 0.416 e. The van der Waals surface area contributed by atoms with E-state index in [0.29, 0.717) is 12.1 Å². The van der Waals surface area contributed by atoms with Crippen molar-refractivity contribution in [3.63, 3.8) is 0 Å². The number of halogens is 6. The van der Waals surface area contributed by atoms with Gasteiger partial charge in [-0.15, -0.1) is 0 Å². The second-order valence-electron chi connectivity index (χ2n) is 3.96. The van der Waals surface area contributed by atoms with Gasteiger partial charge in [0.2, 0.25) is 10.0 Å². The van der Waals surface area contributed by atoms with Gasteiger partial charge in [-0.25, -0.2) is 13.6 Å². The second-order valence-corrected chi connectivity index (χ2v) is 5.69. The number of rotatable bonds is 4. The summed E-state index contributed by atoms with van der Waals surface area (Å²) in [6, 6.07) is 0.628. The van der Waals surface area contributed by atoms with Crippen LogP contribution in [0.25, 0.3) is 0 Å². The minimum Gasteiger partial charge on any atom is -0.492 e. The highest BCUT2D eigenvalue weighted by atomic mass is 32.2. The van der Waals surface area contributed by atoms with Crippen LogP contribution in [-0.2, 0) is 22.4 Å². The first-order chi connectivity index (χ1) is 9.29. The van der Waals surface area contributed by atoms with Crippen LogP contribution in [0.5, 0.6) is 5.75 Å². The van der Waals surface area contributed by atoms with E-state index >= 15 is 0 Å². The number of nitrogens with two attached hydrogens (primary N) is 1. The lowest BCUT2D eigenvalue weighted by Gasteiger charge is -2.14. The highest BCUT2D eigenvalue weighted by Crippen LogP contribution is 2.38. The molecule has 0 bridgehead atoms. The fourth-order valence-electron chi connectivity index (χ4n) is 1.29. The lowest BCUT2D eigenvalue weighted by atomic mass is 10.1. The molecule has 0 aliphatic rings. The zero-order valence-electron chi connectivity index (χ0n) is 10.1. The van der Waals surface area contributed by atoms with Gasteiger partial charge in [-0.2, -0.15) is 26.3 Å². The van der Waals surface area contributed by atoms with Crippen LogP contribution < -0.4 is 9.88 Å². The summed E-state index contributed by atoms with van der Waals surface area (Å²) in [7, 11) is -3.94. The number of sulfonamides is 1. The van der Waals surface area contributed by atoms with E-state index in [1.54, 1.807) is 0 Å². The molecule has 0 fully saturated rings. The lowest BCUT2D eigenvalue weighted by molar-refractivity contribution is -0.143. The predicted octanol–water partition coefficient (Wildman–Crippen LogP) is 2.39. The molecule has 0 heterocycles. The van der Waals surface area contributed by atoms with Gasteiger partial charge >= 0.3 is 12.4 Å². The van der Waals surface area contributed by atoms with Crippen molar-refractivity contribution in [3.05, 3.63) is 29.3 Å². The molecule has 1 rings (SSSR count). The first kappa shape index (κ1) is 17.6. The molecule has 120 valence electrons. The minimum atomic E-state index is -5.00. The SMILES string of the molecule is NS(=O)(=O)CCOc1cc(C(F)(F)F)cc(C(F)(F)F)c1. The molecule has 1 aromatic carbocycles. The summed E-state index contributed by atoms with van der Waals surface area (Å²) in [6.07, 6.45) is -10.0. The van der Waals surface area contributed by atoms with Gasteiger partial charge in [-0.1, -0.05) is 0 Å². The Morgan fingerprint density at radius 1 is 0.952 bits per heavy atom. The third-order valence-electron chi connectivity index (χ3n) is 2.20. The van der Waals surface area contributed by atoms with Crippen molar-refractivity contribution in [2.45, 2.75) is 12.4 Å². The maximum Gasteiger partial charge on any atom is 0.416 e. The number of hydrogen-bond donors (Lipinski definition) is 1. The Morgan fingerprint density at radius 2 is 1.38 bits per heavy atom. The van der Waals surface area contributed by atoms with E-state index in [9.17, 15) is 34.8 Å². The number of ether oxygens (including phenoxy) is 1. The molecule has 0 saturated carbocycles. The van der Waals surface area contributed by atoms with Crippen molar-refractivity contribution in [2.75, 3.05) is 12.4 Å². The zero-order valence-corrected chi connectivity index (χ0v) is 10.9. The third kappa shape index (κ3) is 5.79. The molecule has 21 heavy (non-hydrogen) atoms. The van der Waals surface area contributed by atoms with E-state index in [1.807, 2.05) is 0 Å². The second kappa shape index (κ2) is 5.72. The van der Waals surface area contributed by atoms with Gasteiger partial charge in [0.05, 0.1) is 16.9 Å². The number of primary sulfonamides is 1. The highest BCUT2D eigenvalue weighted by Gasteiger charge is 2.37. The average Bonchev–Trinajstić information content (AvgIpc) is 2.24. The van der Waals surface area contributed by atoms with E-state index in [2.05, 4.69) is 9.88 Å². The molecule has 0 spiro atoms. The van der Waals surface area contributed by atoms with Gasteiger partial charge in [0.1, 0.15) is 12.4 Å². The van der Waals surface area contributed by atoms with Crippen molar-refractivity contribution in [3.8, 4) is 5.75 Å². The first-order valence-corrected chi connectivity index (χ1v) is 6.93. The van der Waals surface area contributed by atoms with Gasteiger partial charge in [-0.05, 0) is 18.2 Å². The molecule has 11 heteroatoms. The van der Waals surface area contributed by atoms with Crippen molar-refractivity contribution >= 4 is 10.0 Å². The van der Waals surface area contributed by atoms with Crippen LogP contribution in [0.1, 0.15) is 11.1 Å². The lowest BCUT2D eigenvalue weighted by Crippen LogP contribution is -2.21. The topological polar surface area (TPSA) is 69.4 Å². The van der Waals surface area contributed by atoms with E-state index in [0.717, 1.165) is 0 Å². The van der Waals surface area contributed by atoms with Crippen LogP contribution in [0.3, 0.4) is 0 Å². The Labute approximate surface area is 115 Å². The minimum absolute atomic E-state index is 0.0630. The number of benzene rings is 1. The molecule has 2 N–H and O–H groups in total. The van der Waals surface area contributed by atoms with Crippen LogP contribution in [-0.4, -0.2) is 20.8 Å². The predicted molar refractivity (Wildman–Crippen MR) is 59.9 cm³/mol. The molecule has 0 aliphatic heterocycles. The fourth-order valence-corrected chi connectivity index (χ4v) is 1.60. The highest BCUT2D eigenvalue weighted by molar-refractivity contribution is 7.89. The van der Waals surface area contributed by atoms with Crippen LogP contribution >= 0.6 is 0 Å². The Morgan fingerprint density at radius 3 is 1.71 bits per heavy atom. The first-order valence-electron chi connectivity index (χ1n) is 5.22. The normalized spacial score (nSPS) is 13.3. The molecular weight excluding hydrogens is 328 g/mol. The van der Waals surface area contributed by atoms with Gasteiger partial charge in [-0.3, -0.25) is 0 Å². The molecular formula is C10H9F6NO3S. The monoisotopic (exact) mass is 337 g/mol. The molecule has 0 aliphatic carbocycles. The van der Waals surface area contributed by atoms with Gasteiger partial charge in [0.25, 0.3) is 0 Å². The third-order valence-corrected chi connectivity index (χ3v) is 2.93. The number of alkyl halides is 6. The van der Waals surface area contributed by atoms with E-state index in [1.165, 1.54) is 0 Å². The van der Waals surface area contributed by atoms with Crippen LogP contribution in [0.4, 0.5) is 26.3 Å². The van der Waals surface area contributed by atoms with Crippen LogP contribution in [0, 0.1) is 0 Å². The molecule has 4 nitrogen and oxygen atoms in total. The van der Waals surface area contributed by atoms with Gasteiger partial charge < -0.3 is 4.74 Å². The van der Waals surface area contributed by atoms with Gasteiger partial charge in [0.15, 0.2) is 0 Å². The van der Waals surface area contributed by atoms with Gasteiger partial charge in [0, 0.05) is 0 Å². The van der Waals surface area contributed by atoms with Crippen LogP contribution in [0.2, 0.25) is 0 Å². The summed E-state index contributed by atoms with van der Waals surface area (Å²) < 4.78 is 101. The summed E-state index contributed by atoms with van der Waals surface area (Å²) in [4.78, 5) is 0. The maximum atomic E-state index is 12.5. The van der Waals surface area contributed by atoms with Crippen molar-refractivity contribution in [1.82, 2.24) is 0 Å². The summed E-state index contributed by atoms with van der Waals surface area (Å²) in [5, 5.41) is 4.63. The van der Waals surface area contributed by atoms with Crippen LogP contribution in [0.15, 0.2) is 18.2 Å². The molecule has 0 amide bonds. The standard InChI is InChI=1S/C10H9F6NO3S/c11-9(12,13)6-3-7(10(14,15)16)5-8(4-6)20-1-2-21(17,18)19/h3-5H,1-2H2,(H2,17,18,19). The fraction of sp³-hybridized carbons (Fsp3) is 0.400. The van der Waals surface area contributed by atoms with Crippen molar-refractivity contribution < 1.29 is 39.5 Å². The van der Waals surface area contributed by atoms with E-state index in [-0.39, 0.29) is 6.07 Å². The summed E-state index contributed by atoms with van der Waals surface area (Å²) in [6.45, 7) is -0.669. The summed E-state index contributed by atoms with van der Waals surface area (Å²) >= 11 is 0. The molecule has 0 atom stereocenters. The zero-order chi connectivity index (χ0) is 16.5. The van der Waals surface area contributed by atoms with Crippen molar-refractivity contribution in [2.24, 2.45) is 5.14 Å². The molecule has 0 unspecified atom stereocenters. The molecule has 0 saturated heterocycles. The maximum absolute atomic E-state index is 12.5. The Bertz CT molecular complexity index is 576.